The first kappa shape index (κ1) is 18.3. The van der Waals surface area contributed by atoms with Gasteiger partial charge in [0.2, 0.25) is 5.82 Å². The Balaban J connectivity index is 1.76. The first-order valence-electron chi connectivity index (χ1n) is 8.87. The summed E-state index contributed by atoms with van der Waals surface area (Å²) in [6, 6.07) is 0.507. The van der Waals surface area contributed by atoms with Gasteiger partial charge in [-0.2, -0.15) is 5.10 Å². The van der Waals surface area contributed by atoms with Crippen molar-refractivity contribution in [2.75, 3.05) is 32.1 Å². The third kappa shape index (κ3) is 3.85. The van der Waals surface area contributed by atoms with E-state index in [4.69, 9.17) is 0 Å². The summed E-state index contributed by atoms with van der Waals surface area (Å²) in [5, 5.41) is 6.98. The van der Waals surface area contributed by atoms with Crippen LogP contribution in [0.25, 0.3) is 0 Å². The first-order valence-corrected chi connectivity index (χ1v) is 8.87. The van der Waals surface area contributed by atoms with Crippen molar-refractivity contribution < 1.29 is 4.79 Å². The van der Waals surface area contributed by atoms with Crippen molar-refractivity contribution in [1.82, 2.24) is 30.0 Å². The maximum atomic E-state index is 12.5. The maximum absolute atomic E-state index is 12.5. The standard InChI is InChI=1S/C18H27N7O/c1-12-13(2)21-16(18(26)19-8-14-9-20-24(5)10-14)22-17(12)25-7-6-15(11-25)23(3)4/h9-10,15H,6-8,11H2,1-5H3,(H,19,26)/t15-/m1/s1. The molecule has 1 aliphatic rings. The lowest BCUT2D eigenvalue weighted by Crippen LogP contribution is -2.33. The number of nitrogens with zero attached hydrogens (tertiary/aromatic N) is 6. The summed E-state index contributed by atoms with van der Waals surface area (Å²) in [5.41, 5.74) is 2.82. The summed E-state index contributed by atoms with van der Waals surface area (Å²) in [6.45, 7) is 6.21. The molecule has 26 heavy (non-hydrogen) atoms. The second kappa shape index (κ2) is 7.41. The number of amides is 1. The molecule has 0 unspecified atom stereocenters. The number of hydrogen-bond acceptors (Lipinski definition) is 6. The van der Waals surface area contributed by atoms with Crippen LogP contribution in [-0.2, 0) is 13.6 Å². The van der Waals surface area contributed by atoms with Crippen molar-refractivity contribution in [3.63, 3.8) is 0 Å². The molecule has 3 heterocycles. The predicted octanol–water partition coefficient (Wildman–Crippen LogP) is 0.897. The van der Waals surface area contributed by atoms with Crippen molar-refractivity contribution in [3.05, 3.63) is 35.0 Å². The van der Waals surface area contributed by atoms with Crippen molar-refractivity contribution >= 4 is 11.7 Å². The Kier molecular flexibility index (Phi) is 5.22. The predicted molar refractivity (Wildman–Crippen MR) is 100 cm³/mol. The molecule has 1 atom stereocenters. The summed E-state index contributed by atoms with van der Waals surface area (Å²) < 4.78 is 1.71. The van der Waals surface area contributed by atoms with Crippen LogP contribution < -0.4 is 10.2 Å². The molecule has 1 saturated heterocycles. The van der Waals surface area contributed by atoms with Crippen LogP contribution in [0.5, 0.6) is 0 Å². The van der Waals surface area contributed by atoms with Gasteiger partial charge in [-0.05, 0) is 34.4 Å². The van der Waals surface area contributed by atoms with E-state index in [0.29, 0.717) is 12.6 Å². The fourth-order valence-corrected chi connectivity index (χ4v) is 3.20. The SMILES string of the molecule is Cc1nc(C(=O)NCc2cnn(C)c2)nc(N2CC[C@@H](N(C)C)C2)c1C. The van der Waals surface area contributed by atoms with Gasteiger partial charge < -0.3 is 15.1 Å². The highest BCUT2D eigenvalue weighted by Crippen LogP contribution is 2.25. The minimum absolute atomic E-state index is 0.222. The van der Waals surface area contributed by atoms with Crippen LogP contribution in [0.1, 0.15) is 33.9 Å². The molecule has 2 aromatic rings. The van der Waals surface area contributed by atoms with Gasteiger partial charge in [0.15, 0.2) is 0 Å². The van der Waals surface area contributed by atoms with Gasteiger partial charge in [-0.1, -0.05) is 0 Å². The van der Waals surface area contributed by atoms with Gasteiger partial charge in [0, 0.05) is 55.7 Å². The second-order valence-electron chi connectivity index (χ2n) is 7.14. The topological polar surface area (TPSA) is 79.2 Å². The van der Waals surface area contributed by atoms with Crippen LogP contribution in [0, 0.1) is 13.8 Å². The molecule has 0 aliphatic carbocycles. The highest BCUT2D eigenvalue weighted by molar-refractivity contribution is 5.91. The van der Waals surface area contributed by atoms with Gasteiger partial charge >= 0.3 is 0 Å². The highest BCUT2D eigenvalue weighted by Gasteiger charge is 2.27. The lowest BCUT2D eigenvalue weighted by Gasteiger charge is -2.23. The van der Waals surface area contributed by atoms with Crippen LogP contribution in [-0.4, -0.2) is 63.8 Å². The molecule has 3 rings (SSSR count). The molecule has 140 valence electrons. The van der Waals surface area contributed by atoms with Gasteiger partial charge in [-0.3, -0.25) is 9.48 Å². The van der Waals surface area contributed by atoms with Crippen molar-refractivity contribution in [1.29, 1.82) is 0 Å². The molecule has 0 bridgehead atoms. The summed E-state index contributed by atoms with van der Waals surface area (Å²) >= 11 is 0. The Morgan fingerprint density at radius 1 is 1.35 bits per heavy atom. The van der Waals surface area contributed by atoms with Gasteiger partial charge in [-0.15, -0.1) is 0 Å². The molecule has 8 heteroatoms. The van der Waals surface area contributed by atoms with Crippen molar-refractivity contribution in [3.8, 4) is 0 Å². The Labute approximate surface area is 154 Å². The molecule has 1 aliphatic heterocycles. The number of anilines is 1. The lowest BCUT2D eigenvalue weighted by molar-refractivity contribution is 0.0940. The Hall–Kier alpha value is -2.48. The van der Waals surface area contributed by atoms with Gasteiger partial charge in [0.05, 0.1) is 6.20 Å². The third-order valence-corrected chi connectivity index (χ3v) is 4.97. The van der Waals surface area contributed by atoms with Crippen LogP contribution in [0.15, 0.2) is 12.4 Å². The molecule has 0 spiro atoms. The fraction of sp³-hybridized carbons (Fsp3) is 0.556. The number of aromatic nitrogens is 4. The molecule has 1 fully saturated rings. The molecule has 0 aromatic carbocycles. The highest BCUT2D eigenvalue weighted by atomic mass is 16.2. The van der Waals surface area contributed by atoms with Crippen LogP contribution >= 0.6 is 0 Å². The number of aryl methyl sites for hydroxylation is 2. The number of likely N-dealkylation sites (N-methyl/N-ethyl adjacent to an activating group) is 1. The zero-order valence-electron chi connectivity index (χ0n) is 16.2. The smallest absolute Gasteiger partial charge is 0.289 e. The van der Waals surface area contributed by atoms with Gasteiger partial charge in [0.25, 0.3) is 5.91 Å². The minimum Gasteiger partial charge on any atom is -0.355 e. The fourth-order valence-electron chi connectivity index (χ4n) is 3.20. The lowest BCUT2D eigenvalue weighted by atomic mass is 10.2. The van der Waals surface area contributed by atoms with Crippen LogP contribution in [0.3, 0.4) is 0 Å². The summed E-state index contributed by atoms with van der Waals surface area (Å²) in [7, 11) is 6.05. The molecule has 1 amide bonds. The van der Waals surface area contributed by atoms with E-state index >= 15 is 0 Å². The van der Waals surface area contributed by atoms with E-state index in [9.17, 15) is 4.79 Å². The van der Waals surface area contributed by atoms with Gasteiger partial charge in [-0.25, -0.2) is 9.97 Å². The van der Waals surface area contributed by atoms with E-state index in [1.165, 1.54) is 0 Å². The van der Waals surface area contributed by atoms with E-state index in [2.05, 4.69) is 44.3 Å². The molecule has 8 nitrogen and oxygen atoms in total. The summed E-state index contributed by atoms with van der Waals surface area (Å²) in [4.78, 5) is 26.0. The number of nitrogens with one attached hydrogen (secondary N) is 1. The largest absolute Gasteiger partial charge is 0.355 e. The number of rotatable bonds is 5. The Bertz CT molecular complexity index is 799. The minimum atomic E-state index is -0.262. The molecule has 2 aromatic heterocycles. The third-order valence-electron chi connectivity index (χ3n) is 4.97. The Morgan fingerprint density at radius 3 is 2.73 bits per heavy atom. The molecular weight excluding hydrogens is 330 g/mol. The van der Waals surface area contributed by atoms with E-state index < -0.39 is 0 Å². The van der Waals surface area contributed by atoms with E-state index in [-0.39, 0.29) is 11.7 Å². The van der Waals surface area contributed by atoms with Gasteiger partial charge in [0.1, 0.15) is 5.82 Å². The molecule has 0 saturated carbocycles. The normalized spacial score (nSPS) is 17.2. The number of hydrogen-bond donors (Lipinski definition) is 1. The molecule has 0 radical (unpaired) electrons. The molecular formula is C18H27N7O. The van der Waals surface area contributed by atoms with Crippen LogP contribution in [0.4, 0.5) is 5.82 Å². The maximum Gasteiger partial charge on any atom is 0.289 e. The summed E-state index contributed by atoms with van der Waals surface area (Å²) in [6.07, 6.45) is 4.70. The zero-order chi connectivity index (χ0) is 18.8. The second-order valence-corrected chi connectivity index (χ2v) is 7.14. The van der Waals surface area contributed by atoms with E-state index in [1.54, 1.807) is 10.9 Å². The number of carbonyl (C=O) groups excluding carboxylic acids is 1. The van der Waals surface area contributed by atoms with Crippen molar-refractivity contribution in [2.45, 2.75) is 32.9 Å². The monoisotopic (exact) mass is 357 g/mol. The summed E-state index contributed by atoms with van der Waals surface area (Å²) in [5.74, 6) is 0.829. The quantitative estimate of drug-likeness (QED) is 0.856. The van der Waals surface area contributed by atoms with E-state index in [0.717, 1.165) is 42.1 Å². The molecule has 1 N–H and O–H groups in total. The van der Waals surface area contributed by atoms with E-state index in [1.807, 2.05) is 27.1 Å². The number of carbonyl (C=O) groups is 1. The zero-order valence-corrected chi connectivity index (χ0v) is 16.2. The average Bonchev–Trinajstić information content (AvgIpc) is 3.24. The first-order chi connectivity index (χ1) is 12.3. The Morgan fingerprint density at radius 2 is 2.12 bits per heavy atom. The van der Waals surface area contributed by atoms with Crippen LogP contribution in [0.2, 0.25) is 0 Å². The average molecular weight is 357 g/mol. The van der Waals surface area contributed by atoms with Crippen molar-refractivity contribution in [2.24, 2.45) is 7.05 Å².